The normalized spacial score (nSPS) is 14.4. The monoisotopic (exact) mass is 370 g/mol. The van der Waals surface area contributed by atoms with E-state index in [1.54, 1.807) is 7.11 Å². The van der Waals surface area contributed by atoms with Crippen molar-refractivity contribution in [2.45, 2.75) is 19.3 Å². The summed E-state index contributed by atoms with van der Waals surface area (Å²) < 4.78 is 10.2. The minimum absolute atomic E-state index is 0.0256. The molecule has 0 N–H and O–H groups in total. The van der Waals surface area contributed by atoms with Gasteiger partial charge in [-0.15, -0.1) is 0 Å². The van der Waals surface area contributed by atoms with Crippen LogP contribution in [0, 0.1) is 10.1 Å². The van der Waals surface area contributed by atoms with E-state index in [0.29, 0.717) is 12.1 Å². The maximum atomic E-state index is 12.3. The van der Waals surface area contributed by atoms with Crippen LogP contribution in [0.3, 0.4) is 0 Å². The minimum atomic E-state index is -0.770. The lowest BCUT2D eigenvalue weighted by Gasteiger charge is -2.17. The standard InChI is InChI=1S/C19H18N2O6/c1-25-14-7-8-15-12(10-14)4-3-5-16(15)20-27-19(22)13-6-9-18(26-2)17(11-13)21(23)24/h6-11H,3-5H2,1-2H3/b20-16-. The van der Waals surface area contributed by atoms with Gasteiger partial charge in [-0.1, -0.05) is 5.16 Å². The van der Waals surface area contributed by atoms with Gasteiger partial charge in [0.2, 0.25) is 0 Å². The van der Waals surface area contributed by atoms with Crippen LogP contribution < -0.4 is 9.47 Å². The van der Waals surface area contributed by atoms with Gasteiger partial charge in [0.05, 0.1) is 30.4 Å². The lowest BCUT2D eigenvalue weighted by atomic mass is 9.90. The van der Waals surface area contributed by atoms with Gasteiger partial charge in [-0.3, -0.25) is 10.1 Å². The van der Waals surface area contributed by atoms with E-state index < -0.39 is 10.9 Å². The molecule has 0 atom stereocenters. The number of fused-ring (bicyclic) bond motifs is 1. The fraction of sp³-hybridized carbons (Fsp3) is 0.263. The molecule has 0 fully saturated rings. The molecule has 0 aliphatic heterocycles. The molecule has 1 aliphatic rings. The van der Waals surface area contributed by atoms with Gasteiger partial charge in [0, 0.05) is 11.6 Å². The van der Waals surface area contributed by atoms with Crippen LogP contribution in [0.4, 0.5) is 5.69 Å². The van der Waals surface area contributed by atoms with Crippen molar-refractivity contribution in [1.29, 1.82) is 0 Å². The second-order valence-electron chi connectivity index (χ2n) is 5.94. The van der Waals surface area contributed by atoms with Crippen LogP contribution in [0.5, 0.6) is 11.5 Å². The van der Waals surface area contributed by atoms with Crippen LogP contribution in [0.15, 0.2) is 41.6 Å². The third kappa shape index (κ3) is 3.89. The molecule has 27 heavy (non-hydrogen) atoms. The Bertz CT molecular complexity index is 922. The van der Waals surface area contributed by atoms with E-state index in [9.17, 15) is 14.9 Å². The average molecular weight is 370 g/mol. The Labute approximate surface area is 155 Å². The van der Waals surface area contributed by atoms with Gasteiger partial charge < -0.3 is 14.3 Å². The number of rotatable bonds is 5. The van der Waals surface area contributed by atoms with Gasteiger partial charge in [-0.25, -0.2) is 4.79 Å². The summed E-state index contributed by atoms with van der Waals surface area (Å²) in [5.74, 6) is 0.0597. The molecule has 0 amide bonds. The number of carbonyl (C=O) groups is 1. The molecular formula is C19H18N2O6. The summed E-state index contributed by atoms with van der Waals surface area (Å²) in [4.78, 5) is 27.8. The van der Waals surface area contributed by atoms with E-state index in [-0.39, 0.29) is 17.0 Å². The van der Waals surface area contributed by atoms with Crippen molar-refractivity contribution in [3.05, 3.63) is 63.2 Å². The number of nitrogens with zero attached hydrogens (tertiary/aromatic N) is 2. The van der Waals surface area contributed by atoms with Crippen LogP contribution in [0.2, 0.25) is 0 Å². The van der Waals surface area contributed by atoms with Gasteiger partial charge in [0.1, 0.15) is 5.75 Å². The Morgan fingerprint density at radius 3 is 2.63 bits per heavy atom. The highest BCUT2D eigenvalue weighted by atomic mass is 16.7. The summed E-state index contributed by atoms with van der Waals surface area (Å²) in [5, 5.41) is 15.1. The zero-order chi connectivity index (χ0) is 19.4. The van der Waals surface area contributed by atoms with Crippen LogP contribution in [-0.4, -0.2) is 30.8 Å². The van der Waals surface area contributed by atoms with Crippen LogP contribution >= 0.6 is 0 Å². The van der Waals surface area contributed by atoms with Crippen molar-refractivity contribution < 1.29 is 24.0 Å². The maximum Gasteiger partial charge on any atom is 0.365 e. The number of aryl methyl sites for hydroxylation is 1. The van der Waals surface area contributed by atoms with Crippen LogP contribution in [0.25, 0.3) is 0 Å². The lowest BCUT2D eigenvalue weighted by Crippen LogP contribution is -2.14. The van der Waals surface area contributed by atoms with E-state index >= 15 is 0 Å². The second-order valence-corrected chi connectivity index (χ2v) is 5.94. The van der Waals surface area contributed by atoms with Gasteiger partial charge >= 0.3 is 11.7 Å². The molecule has 8 nitrogen and oxygen atoms in total. The smallest absolute Gasteiger partial charge is 0.365 e. The highest BCUT2D eigenvalue weighted by molar-refractivity contribution is 6.03. The molecule has 2 aromatic rings. The number of hydrogen-bond acceptors (Lipinski definition) is 7. The van der Waals surface area contributed by atoms with Crippen LogP contribution in [-0.2, 0) is 11.3 Å². The number of nitro benzene ring substituents is 1. The Kier molecular flexibility index (Phi) is 5.35. The molecule has 0 saturated heterocycles. The fourth-order valence-corrected chi connectivity index (χ4v) is 2.97. The minimum Gasteiger partial charge on any atom is -0.497 e. The Hall–Kier alpha value is -3.42. The van der Waals surface area contributed by atoms with Crippen molar-refractivity contribution in [3.8, 4) is 11.5 Å². The number of methoxy groups -OCH3 is 2. The number of hydrogen-bond donors (Lipinski definition) is 0. The summed E-state index contributed by atoms with van der Waals surface area (Å²) in [6.07, 6.45) is 2.45. The predicted octanol–water partition coefficient (Wildman–Crippen LogP) is 3.51. The highest BCUT2D eigenvalue weighted by Gasteiger charge is 2.21. The molecule has 2 aromatic carbocycles. The first kappa shape index (κ1) is 18.4. The molecule has 8 heteroatoms. The average Bonchev–Trinajstić information content (AvgIpc) is 2.70. The maximum absolute atomic E-state index is 12.3. The SMILES string of the molecule is COc1ccc2c(c1)CCC/C2=N/OC(=O)c1ccc(OC)c([N+](=O)[O-])c1. The van der Waals surface area contributed by atoms with Gasteiger partial charge in [0.25, 0.3) is 0 Å². The number of nitro groups is 1. The summed E-state index contributed by atoms with van der Waals surface area (Å²) in [6.45, 7) is 0. The van der Waals surface area contributed by atoms with Crippen molar-refractivity contribution >= 4 is 17.4 Å². The molecule has 0 saturated carbocycles. The van der Waals surface area contributed by atoms with Crippen molar-refractivity contribution in [2.24, 2.45) is 5.16 Å². The number of oxime groups is 1. The van der Waals surface area contributed by atoms with E-state index in [1.165, 1.54) is 19.2 Å². The molecule has 0 aromatic heterocycles. The first-order valence-corrected chi connectivity index (χ1v) is 8.31. The Balaban J connectivity index is 1.82. The first-order valence-electron chi connectivity index (χ1n) is 8.31. The van der Waals surface area contributed by atoms with E-state index in [4.69, 9.17) is 14.3 Å². The molecule has 0 spiro atoms. The second kappa shape index (κ2) is 7.86. The van der Waals surface area contributed by atoms with E-state index in [1.807, 2.05) is 18.2 Å². The molecule has 0 heterocycles. The first-order chi connectivity index (χ1) is 13.0. The zero-order valence-electron chi connectivity index (χ0n) is 14.9. The molecule has 0 radical (unpaired) electrons. The zero-order valence-corrected chi connectivity index (χ0v) is 14.9. The predicted molar refractivity (Wildman–Crippen MR) is 97.5 cm³/mol. The fourth-order valence-electron chi connectivity index (χ4n) is 2.97. The summed E-state index contributed by atoms with van der Waals surface area (Å²) in [6, 6.07) is 9.52. The van der Waals surface area contributed by atoms with E-state index in [2.05, 4.69) is 5.16 Å². The third-order valence-electron chi connectivity index (χ3n) is 4.33. The Morgan fingerprint density at radius 1 is 1.11 bits per heavy atom. The molecule has 0 unspecified atom stereocenters. The van der Waals surface area contributed by atoms with E-state index in [0.717, 1.165) is 35.8 Å². The molecule has 1 aliphatic carbocycles. The van der Waals surface area contributed by atoms with Gasteiger partial charge in [-0.2, -0.15) is 0 Å². The molecule has 3 rings (SSSR count). The quantitative estimate of drug-likeness (QED) is 0.454. The van der Waals surface area contributed by atoms with Crippen LogP contribution in [0.1, 0.15) is 34.3 Å². The van der Waals surface area contributed by atoms with Crippen molar-refractivity contribution in [3.63, 3.8) is 0 Å². The van der Waals surface area contributed by atoms with Crippen molar-refractivity contribution in [2.75, 3.05) is 14.2 Å². The molecular weight excluding hydrogens is 352 g/mol. The lowest BCUT2D eigenvalue weighted by molar-refractivity contribution is -0.385. The van der Waals surface area contributed by atoms with Crippen molar-refractivity contribution in [1.82, 2.24) is 0 Å². The number of benzene rings is 2. The number of ether oxygens (including phenoxy) is 2. The van der Waals surface area contributed by atoms with Gasteiger partial charge in [-0.05, 0) is 55.2 Å². The molecule has 0 bridgehead atoms. The summed E-state index contributed by atoms with van der Waals surface area (Å²) in [5.41, 5.74) is 2.37. The summed E-state index contributed by atoms with van der Waals surface area (Å²) >= 11 is 0. The summed E-state index contributed by atoms with van der Waals surface area (Å²) in [7, 11) is 2.93. The Morgan fingerprint density at radius 2 is 1.93 bits per heavy atom. The highest BCUT2D eigenvalue weighted by Crippen LogP contribution is 2.28. The molecule has 140 valence electrons. The number of carbonyl (C=O) groups excluding carboxylic acids is 1. The third-order valence-corrected chi connectivity index (χ3v) is 4.33. The van der Waals surface area contributed by atoms with Gasteiger partial charge in [0.15, 0.2) is 5.75 Å². The topological polar surface area (TPSA) is 100 Å². The largest absolute Gasteiger partial charge is 0.497 e.